The van der Waals surface area contributed by atoms with Crippen molar-refractivity contribution in [3.63, 3.8) is 0 Å². The van der Waals surface area contributed by atoms with Crippen molar-refractivity contribution < 1.29 is 13.8 Å². The van der Waals surface area contributed by atoms with Gasteiger partial charge >= 0.3 is 8.00 Å². The molecule has 0 saturated heterocycles. The van der Waals surface area contributed by atoms with Crippen LogP contribution in [0.25, 0.3) is 21.9 Å². The van der Waals surface area contributed by atoms with Crippen LogP contribution in [0.15, 0.2) is 16.5 Å². The summed E-state index contributed by atoms with van der Waals surface area (Å²) in [4.78, 5) is 17.3. The topological polar surface area (TPSA) is 49.1 Å². The molecule has 32 heavy (non-hydrogen) atoms. The lowest BCUT2D eigenvalue weighted by molar-refractivity contribution is 0.405. The molecule has 1 N–H and O–H groups in total. The quantitative estimate of drug-likeness (QED) is 0.395. The van der Waals surface area contributed by atoms with Crippen LogP contribution < -0.4 is 9.80 Å². The van der Waals surface area contributed by atoms with Crippen molar-refractivity contribution in [2.45, 2.75) is 51.4 Å². The molecule has 0 amide bonds. The summed E-state index contributed by atoms with van der Waals surface area (Å²) in [6.07, 6.45) is 9.03. The molecule has 7 rings (SSSR count). The highest BCUT2D eigenvalue weighted by Crippen LogP contribution is 2.47. The van der Waals surface area contributed by atoms with Crippen molar-refractivity contribution in [2.24, 2.45) is 0 Å². The van der Waals surface area contributed by atoms with Gasteiger partial charge in [-0.1, -0.05) is 0 Å². The van der Waals surface area contributed by atoms with E-state index in [1.165, 1.54) is 46.5 Å². The van der Waals surface area contributed by atoms with Crippen molar-refractivity contribution in [1.29, 1.82) is 0 Å². The second-order valence-electron chi connectivity index (χ2n) is 9.77. The molecule has 3 aromatic rings. The Hall–Kier alpha value is -2.07. The second kappa shape index (κ2) is 7.21. The van der Waals surface area contributed by atoms with Crippen LogP contribution in [-0.2, 0) is 30.2 Å². The van der Waals surface area contributed by atoms with E-state index in [9.17, 15) is 4.89 Å². The number of anilines is 2. The highest BCUT2D eigenvalue weighted by atomic mass is 31.1. The zero-order chi connectivity index (χ0) is 21.4. The molecule has 0 aliphatic carbocycles. The summed E-state index contributed by atoms with van der Waals surface area (Å²) in [5.74, 6) is 0. The molecule has 1 unspecified atom stereocenters. The van der Waals surface area contributed by atoms with Gasteiger partial charge in [-0.25, -0.2) is 0 Å². The summed E-state index contributed by atoms with van der Waals surface area (Å²) in [6.45, 7) is 4.57. The van der Waals surface area contributed by atoms with E-state index in [0.29, 0.717) is 0 Å². The maximum absolute atomic E-state index is 11.2. The third kappa shape index (κ3) is 2.62. The summed E-state index contributed by atoms with van der Waals surface area (Å²) in [5, 5.41) is 2.14. The van der Waals surface area contributed by atoms with Gasteiger partial charge in [-0.05, 0) is 74.6 Å². The molecule has 1 aromatic heterocycles. The zero-order valence-corrected chi connectivity index (χ0v) is 19.6. The minimum atomic E-state index is -1.71. The van der Waals surface area contributed by atoms with E-state index < -0.39 is 8.00 Å². The molecule has 1 atom stereocenters. The molecular weight excluding hydrogens is 419 g/mol. The SMILES string of the molecule is CO[P+](O)=c1c2cc3c4c(c2oc2c5c6c(cc12)CCCN6CCC5)CCCN4CCC3. The van der Waals surface area contributed by atoms with E-state index in [1.54, 1.807) is 7.11 Å². The van der Waals surface area contributed by atoms with Gasteiger partial charge in [0.1, 0.15) is 11.2 Å². The molecule has 0 fully saturated rings. The van der Waals surface area contributed by atoms with Crippen molar-refractivity contribution in [1.82, 2.24) is 0 Å². The van der Waals surface area contributed by atoms with Crippen LogP contribution in [0, 0.1) is 4.94 Å². The van der Waals surface area contributed by atoms with Gasteiger partial charge in [-0.3, -0.25) is 0 Å². The molecule has 6 heteroatoms. The van der Waals surface area contributed by atoms with Gasteiger partial charge in [-0.2, -0.15) is 9.42 Å². The number of fused-ring (bicyclic) bond motifs is 4. The van der Waals surface area contributed by atoms with Crippen molar-refractivity contribution >= 4 is 41.3 Å². The van der Waals surface area contributed by atoms with Crippen LogP contribution in [0.1, 0.15) is 47.9 Å². The third-order valence-electron chi connectivity index (χ3n) is 8.02. The maximum atomic E-state index is 11.2. The Morgan fingerprint density at radius 1 is 0.781 bits per heavy atom. The number of benzene rings is 2. The Morgan fingerprint density at radius 2 is 1.25 bits per heavy atom. The first-order valence-electron chi connectivity index (χ1n) is 12.2. The number of nitrogens with zero attached hydrogens (tertiary/aromatic N) is 2. The fraction of sp³-hybridized carbons (Fsp3) is 0.500. The molecule has 0 radical (unpaired) electrons. The van der Waals surface area contributed by atoms with E-state index in [4.69, 9.17) is 8.94 Å². The van der Waals surface area contributed by atoms with E-state index in [0.717, 1.165) is 91.6 Å². The van der Waals surface area contributed by atoms with E-state index in [2.05, 4.69) is 21.9 Å². The van der Waals surface area contributed by atoms with E-state index in [1.807, 2.05) is 0 Å². The summed E-state index contributed by atoms with van der Waals surface area (Å²) < 4.78 is 12.5. The van der Waals surface area contributed by atoms with Crippen molar-refractivity contribution in [2.75, 3.05) is 43.1 Å². The Kier molecular flexibility index (Phi) is 4.37. The summed E-state index contributed by atoms with van der Waals surface area (Å²) in [5.41, 5.74) is 10.3. The van der Waals surface area contributed by atoms with Crippen LogP contribution >= 0.6 is 8.00 Å². The van der Waals surface area contributed by atoms with Gasteiger partial charge in [0.2, 0.25) is 4.94 Å². The fourth-order valence-electron chi connectivity index (χ4n) is 6.79. The first-order chi connectivity index (χ1) is 15.7. The fourth-order valence-corrected chi connectivity index (χ4v) is 7.72. The first-order valence-corrected chi connectivity index (χ1v) is 13.4. The first kappa shape index (κ1) is 19.4. The minimum absolute atomic E-state index is 0.960. The lowest BCUT2D eigenvalue weighted by atomic mass is 9.88. The Morgan fingerprint density at radius 3 is 1.72 bits per heavy atom. The summed E-state index contributed by atoms with van der Waals surface area (Å²) in [7, 11) is -0.0808. The van der Waals surface area contributed by atoms with Gasteiger partial charge in [0.05, 0.1) is 17.9 Å². The van der Waals surface area contributed by atoms with E-state index >= 15 is 0 Å². The normalized spacial score (nSPS) is 19.9. The smallest absolute Gasteiger partial charge is 0.437 e. The van der Waals surface area contributed by atoms with E-state index in [-0.39, 0.29) is 0 Å². The predicted octanol–water partition coefficient (Wildman–Crippen LogP) is 5.47. The molecule has 4 aliphatic rings. The van der Waals surface area contributed by atoms with Gasteiger partial charge in [0, 0.05) is 48.7 Å². The molecule has 166 valence electrons. The van der Waals surface area contributed by atoms with Gasteiger partial charge in [0.15, 0.2) is 0 Å². The summed E-state index contributed by atoms with van der Waals surface area (Å²) in [6, 6.07) is 4.62. The predicted molar refractivity (Wildman–Crippen MR) is 131 cm³/mol. The zero-order valence-electron chi connectivity index (χ0n) is 18.7. The lowest BCUT2D eigenvalue weighted by Crippen LogP contribution is -2.34. The molecule has 0 spiro atoms. The van der Waals surface area contributed by atoms with Crippen LogP contribution in [-0.4, -0.2) is 38.2 Å². The molecule has 0 bridgehead atoms. The van der Waals surface area contributed by atoms with Gasteiger partial charge in [-0.15, -0.1) is 0 Å². The molecular formula is C26H30N2O3P+. The maximum Gasteiger partial charge on any atom is 0.437 e. The standard InChI is InChI=1S/C26H30N2O3P/c1-30-32(29)26-20-14-16-6-2-10-27-12-4-8-18(22(16)27)24(20)31-25-19-9-5-13-28-11-3-7-17(23(19)28)15-21(25)26/h14-15,29H,2-13H2,1H3/q+1. The van der Waals surface area contributed by atoms with Crippen LogP contribution in [0.2, 0.25) is 0 Å². The molecule has 4 aliphatic heterocycles. The Labute approximate surface area is 189 Å². The number of aryl methyl sites for hydroxylation is 4. The number of hydrogen-bond donors (Lipinski definition) is 1. The van der Waals surface area contributed by atoms with Gasteiger partial charge < -0.3 is 14.2 Å². The minimum Gasteiger partial charge on any atom is -0.455 e. The molecule has 0 saturated carbocycles. The largest absolute Gasteiger partial charge is 0.455 e. The van der Waals surface area contributed by atoms with Crippen molar-refractivity contribution in [3.8, 4) is 0 Å². The molecule has 5 nitrogen and oxygen atoms in total. The number of hydrogen-bond acceptors (Lipinski definition) is 5. The third-order valence-corrected chi connectivity index (χ3v) is 9.23. The van der Waals surface area contributed by atoms with Crippen LogP contribution in [0.3, 0.4) is 0 Å². The Bertz CT molecular complexity index is 1260. The van der Waals surface area contributed by atoms with Crippen LogP contribution in [0.5, 0.6) is 0 Å². The highest BCUT2D eigenvalue weighted by molar-refractivity contribution is 7.38. The highest BCUT2D eigenvalue weighted by Gasteiger charge is 2.32. The monoisotopic (exact) mass is 449 g/mol. The van der Waals surface area contributed by atoms with Gasteiger partial charge in [0.25, 0.3) is 0 Å². The lowest BCUT2D eigenvalue weighted by Gasteiger charge is -2.38. The van der Waals surface area contributed by atoms with Crippen molar-refractivity contribution in [3.05, 3.63) is 39.3 Å². The number of rotatable bonds is 1. The molecule has 5 heterocycles. The average molecular weight is 450 g/mol. The average Bonchev–Trinajstić information content (AvgIpc) is 2.83. The summed E-state index contributed by atoms with van der Waals surface area (Å²) >= 11 is 0. The molecule has 2 aromatic carbocycles. The second-order valence-corrected chi connectivity index (χ2v) is 11.1. The van der Waals surface area contributed by atoms with Crippen LogP contribution in [0.4, 0.5) is 11.4 Å². The Balaban J connectivity index is 1.68.